The normalized spacial score (nSPS) is 16.3. The molecule has 7 nitrogen and oxygen atoms in total. The van der Waals surface area contributed by atoms with Crippen molar-refractivity contribution >= 4 is 35.6 Å². The second-order valence-corrected chi connectivity index (χ2v) is 7.34. The topological polar surface area (TPSA) is 70.4 Å². The van der Waals surface area contributed by atoms with Gasteiger partial charge in [-0.25, -0.2) is 9.67 Å². The first kappa shape index (κ1) is 22.1. The summed E-state index contributed by atoms with van der Waals surface area (Å²) in [6.45, 7) is 4.87. The molecule has 0 aliphatic carbocycles. The van der Waals surface area contributed by atoms with E-state index in [1.807, 2.05) is 19.2 Å². The van der Waals surface area contributed by atoms with Gasteiger partial charge in [0.05, 0.1) is 5.69 Å². The Kier molecular flexibility index (Phi) is 7.67. The molecule has 8 heteroatoms. The second kappa shape index (κ2) is 10.4. The minimum atomic E-state index is 0. The molecule has 0 radical (unpaired) electrons. The zero-order valence-electron chi connectivity index (χ0n) is 17.3. The summed E-state index contributed by atoms with van der Waals surface area (Å²) in [5.41, 5.74) is 4.76. The highest BCUT2D eigenvalue weighted by molar-refractivity contribution is 14.0. The lowest BCUT2D eigenvalue weighted by Crippen LogP contribution is -2.44. The van der Waals surface area contributed by atoms with E-state index in [4.69, 9.17) is 0 Å². The fourth-order valence-corrected chi connectivity index (χ4v) is 3.55. The fraction of sp³-hybridized carbons (Fsp3) is 0.318. The molecule has 3 aromatic rings. The molecule has 0 saturated carbocycles. The maximum atomic E-state index is 4.39. The fourth-order valence-electron chi connectivity index (χ4n) is 3.55. The number of benzene rings is 2. The van der Waals surface area contributed by atoms with Crippen molar-refractivity contribution in [1.29, 1.82) is 0 Å². The summed E-state index contributed by atoms with van der Waals surface area (Å²) in [4.78, 5) is 10.8. The van der Waals surface area contributed by atoms with E-state index < -0.39 is 0 Å². The summed E-state index contributed by atoms with van der Waals surface area (Å²) in [6.07, 6.45) is 4.33. The first-order chi connectivity index (χ1) is 14.2. The Morgan fingerprint density at radius 3 is 2.50 bits per heavy atom. The van der Waals surface area contributed by atoms with E-state index in [1.165, 1.54) is 23.1 Å². The summed E-state index contributed by atoms with van der Waals surface area (Å²) in [6, 6.07) is 17.4. The third kappa shape index (κ3) is 5.50. The van der Waals surface area contributed by atoms with Crippen molar-refractivity contribution in [2.24, 2.45) is 4.99 Å². The van der Waals surface area contributed by atoms with Crippen LogP contribution in [-0.2, 0) is 6.54 Å². The van der Waals surface area contributed by atoms with Gasteiger partial charge in [0.2, 0.25) is 0 Å². The number of aryl methyl sites for hydroxylation is 1. The van der Waals surface area contributed by atoms with Crippen LogP contribution in [0.1, 0.15) is 17.5 Å². The van der Waals surface area contributed by atoms with E-state index in [1.54, 1.807) is 11.0 Å². The van der Waals surface area contributed by atoms with E-state index in [0.29, 0.717) is 12.6 Å². The van der Waals surface area contributed by atoms with Gasteiger partial charge in [-0.1, -0.05) is 29.8 Å². The molecular formula is C22H28IN7. The number of anilines is 1. The predicted octanol–water partition coefficient (Wildman–Crippen LogP) is 3.14. The van der Waals surface area contributed by atoms with Gasteiger partial charge >= 0.3 is 0 Å². The molecule has 1 aliphatic rings. The monoisotopic (exact) mass is 517 g/mol. The summed E-state index contributed by atoms with van der Waals surface area (Å²) in [5, 5.41) is 11.1. The molecule has 2 aromatic carbocycles. The van der Waals surface area contributed by atoms with Gasteiger partial charge in [0.1, 0.15) is 12.7 Å². The summed E-state index contributed by atoms with van der Waals surface area (Å²) in [7, 11) is 1.82. The van der Waals surface area contributed by atoms with Crippen molar-refractivity contribution in [3.63, 3.8) is 0 Å². The Morgan fingerprint density at radius 2 is 1.83 bits per heavy atom. The molecule has 30 heavy (non-hydrogen) atoms. The molecule has 1 aromatic heterocycles. The lowest BCUT2D eigenvalue weighted by Gasteiger charge is -2.20. The van der Waals surface area contributed by atoms with Crippen LogP contribution in [0.3, 0.4) is 0 Å². The number of nitrogens with one attached hydrogen (secondary N) is 2. The average molecular weight is 517 g/mol. The third-order valence-electron chi connectivity index (χ3n) is 5.23. The Morgan fingerprint density at radius 1 is 1.10 bits per heavy atom. The molecule has 4 rings (SSSR count). The molecule has 1 fully saturated rings. The zero-order chi connectivity index (χ0) is 20.1. The van der Waals surface area contributed by atoms with Crippen LogP contribution in [0.5, 0.6) is 0 Å². The Hall–Kier alpha value is -2.62. The van der Waals surface area contributed by atoms with Crippen molar-refractivity contribution in [3.05, 3.63) is 72.3 Å². The van der Waals surface area contributed by atoms with Gasteiger partial charge in [-0.15, -0.1) is 24.0 Å². The van der Waals surface area contributed by atoms with E-state index in [9.17, 15) is 0 Å². The summed E-state index contributed by atoms with van der Waals surface area (Å²) >= 11 is 0. The number of aromatic nitrogens is 3. The van der Waals surface area contributed by atoms with Crippen molar-refractivity contribution in [3.8, 4) is 5.69 Å². The van der Waals surface area contributed by atoms with Crippen LogP contribution in [0.15, 0.2) is 66.2 Å². The quantitative estimate of drug-likeness (QED) is 0.309. The number of guanidine groups is 1. The highest BCUT2D eigenvalue weighted by Gasteiger charge is 2.23. The molecule has 0 amide bonds. The second-order valence-electron chi connectivity index (χ2n) is 7.34. The Balaban J connectivity index is 0.00000256. The minimum absolute atomic E-state index is 0. The van der Waals surface area contributed by atoms with E-state index in [0.717, 1.165) is 31.2 Å². The molecule has 2 heterocycles. The van der Waals surface area contributed by atoms with Crippen LogP contribution in [0.25, 0.3) is 5.69 Å². The van der Waals surface area contributed by atoms with E-state index in [2.05, 4.69) is 73.9 Å². The third-order valence-corrected chi connectivity index (χ3v) is 5.23. The van der Waals surface area contributed by atoms with E-state index >= 15 is 0 Å². The standard InChI is InChI=1S/C22H27N7.HI/c1-17-3-7-20(8-4-17)28-12-11-19(14-28)27-22(23-2)25-13-18-5-9-21(10-6-18)29-16-24-15-26-29;/h3-10,15-16,19H,11-14H2,1-2H3,(H2,23,25,27);1H. The van der Waals surface area contributed by atoms with Crippen molar-refractivity contribution < 1.29 is 0 Å². The maximum Gasteiger partial charge on any atom is 0.191 e. The number of rotatable bonds is 5. The van der Waals surface area contributed by atoms with Gasteiger partial charge in [0.25, 0.3) is 0 Å². The molecule has 1 saturated heterocycles. The van der Waals surface area contributed by atoms with Crippen molar-refractivity contribution in [2.75, 3.05) is 25.0 Å². The number of hydrogen-bond acceptors (Lipinski definition) is 4. The Labute approximate surface area is 194 Å². The van der Waals surface area contributed by atoms with Gasteiger partial charge in [-0.05, 0) is 43.2 Å². The van der Waals surface area contributed by atoms with Crippen LogP contribution in [-0.4, -0.2) is 46.9 Å². The van der Waals surface area contributed by atoms with Gasteiger partial charge in [0, 0.05) is 38.4 Å². The lowest BCUT2D eigenvalue weighted by atomic mass is 10.2. The maximum absolute atomic E-state index is 4.39. The van der Waals surface area contributed by atoms with Crippen LogP contribution < -0.4 is 15.5 Å². The smallest absolute Gasteiger partial charge is 0.191 e. The number of aliphatic imine (C=N–C) groups is 1. The van der Waals surface area contributed by atoms with Gasteiger partial charge in [-0.3, -0.25) is 4.99 Å². The number of nitrogens with zero attached hydrogens (tertiary/aromatic N) is 5. The first-order valence-corrected chi connectivity index (χ1v) is 9.94. The van der Waals surface area contributed by atoms with Gasteiger partial charge < -0.3 is 15.5 Å². The van der Waals surface area contributed by atoms with Crippen LogP contribution in [0.4, 0.5) is 5.69 Å². The summed E-state index contributed by atoms with van der Waals surface area (Å²) < 4.78 is 1.75. The van der Waals surface area contributed by atoms with Crippen LogP contribution >= 0.6 is 24.0 Å². The largest absolute Gasteiger partial charge is 0.369 e. The molecule has 0 bridgehead atoms. The Bertz CT molecular complexity index is 937. The van der Waals surface area contributed by atoms with Crippen LogP contribution in [0, 0.1) is 6.92 Å². The molecule has 0 spiro atoms. The van der Waals surface area contributed by atoms with E-state index in [-0.39, 0.29) is 24.0 Å². The highest BCUT2D eigenvalue weighted by Crippen LogP contribution is 2.20. The molecular weight excluding hydrogens is 489 g/mol. The highest BCUT2D eigenvalue weighted by atomic mass is 127. The molecule has 2 N–H and O–H groups in total. The number of halogens is 1. The molecule has 1 unspecified atom stereocenters. The van der Waals surface area contributed by atoms with Gasteiger partial charge in [0.15, 0.2) is 5.96 Å². The van der Waals surface area contributed by atoms with Crippen LogP contribution in [0.2, 0.25) is 0 Å². The summed E-state index contributed by atoms with van der Waals surface area (Å²) in [5.74, 6) is 0.834. The van der Waals surface area contributed by atoms with Crippen molar-refractivity contribution in [1.82, 2.24) is 25.4 Å². The average Bonchev–Trinajstić information content (AvgIpc) is 3.44. The van der Waals surface area contributed by atoms with Gasteiger partial charge in [-0.2, -0.15) is 5.10 Å². The molecule has 1 atom stereocenters. The molecule has 158 valence electrons. The number of hydrogen-bond donors (Lipinski definition) is 2. The SMILES string of the molecule is CN=C(NCc1ccc(-n2cncn2)cc1)NC1CCN(c2ccc(C)cc2)C1.I. The van der Waals surface area contributed by atoms with Crippen molar-refractivity contribution in [2.45, 2.75) is 25.9 Å². The minimum Gasteiger partial charge on any atom is -0.369 e. The lowest BCUT2D eigenvalue weighted by molar-refractivity contribution is 0.648. The predicted molar refractivity (Wildman–Crippen MR) is 132 cm³/mol. The molecule has 1 aliphatic heterocycles. The zero-order valence-corrected chi connectivity index (χ0v) is 19.7. The first-order valence-electron chi connectivity index (χ1n) is 9.94.